The molecule has 0 saturated heterocycles. The molecule has 1 aromatic heterocycles. The Morgan fingerprint density at radius 2 is 1.76 bits per heavy atom. The van der Waals surface area contributed by atoms with Crippen LogP contribution in [0.15, 0.2) is 60.8 Å². The van der Waals surface area contributed by atoms with Crippen molar-refractivity contribution in [2.24, 2.45) is 0 Å². The summed E-state index contributed by atoms with van der Waals surface area (Å²) in [4.78, 5) is 51.2. The lowest BCUT2D eigenvalue weighted by atomic mass is 10.1. The zero-order valence-electron chi connectivity index (χ0n) is 16.6. The summed E-state index contributed by atoms with van der Waals surface area (Å²) in [6.45, 7) is -0.598. The molecule has 0 spiro atoms. The van der Waals surface area contributed by atoms with Gasteiger partial charge in [0.1, 0.15) is 5.82 Å². The Balaban J connectivity index is 1.66. The number of non-ortho nitro benzene ring substituents is 1. The zero-order chi connectivity index (χ0) is 24.0. The quantitative estimate of drug-likeness (QED) is 0.286. The number of benzene rings is 2. The molecule has 0 aliphatic heterocycles. The first-order valence-electron chi connectivity index (χ1n) is 9.17. The standard InChI is InChI=1S/C21H14Cl2N4O6/c22-12-5-8-18(24-10-12)26-19(28)11-33-21(30)15-3-1-2-4-17(15)25-20(29)14-7-6-13(27(31)32)9-16(14)23/h1-10H,11H2,(H,25,29)(H,24,26,28). The number of pyridine rings is 1. The third-order valence-electron chi connectivity index (χ3n) is 4.13. The molecule has 1 heterocycles. The highest BCUT2D eigenvalue weighted by atomic mass is 35.5. The summed E-state index contributed by atoms with van der Waals surface area (Å²) in [7, 11) is 0. The SMILES string of the molecule is O=C(COC(=O)c1ccccc1NC(=O)c1ccc([N+](=O)[O-])cc1Cl)Nc1ccc(Cl)cn1. The summed E-state index contributed by atoms with van der Waals surface area (Å²) in [5, 5.41) is 16.1. The Bertz CT molecular complexity index is 1230. The molecule has 0 fully saturated rings. The zero-order valence-corrected chi connectivity index (χ0v) is 18.1. The van der Waals surface area contributed by atoms with Gasteiger partial charge < -0.3 is 15.4 Å². The number of nitro benzene ring substituents is 1. The number of hydrogen-bond donors (Lipinski definition) is 2. The number of aromatic nitrogens is 1. The maximum atomic E-state index is 12.6. The molecule has 2 aromatic carbocycles. The van der Waals surface area contributed by atoms with Crippen molar-refractivity contribution in [3.8, 4) is 0 Å². The summed E-state index contributed by atoms with van der Waals surface area (Å²) >= 11 is 11.7. The van der Waals surface area contributed by atoms with E-state index in [9.17, 15) is 24.5 Å². The van der Waals surface area contributed by atoms with E-state index in [1.165, 1.54) is 36.5 Å². The van der Waals surface area contributed by atoms with E-state index in [0.717, 1.165) is 12.1 Å². The second kappa shape index (κ2) is 10.5. The predicted molar refractivity (Wildman–Crippen MR) is 121 cm³/mol. The monoisotopic (exact) mass is 488 g/mol. The molecule has 0 aliphatic rings. The minimum atomic E-state index is -0.861. The van der Waals surface area contributed by atoms with E-state index in [4.69, 9.17) is 27.9 Å². The molecular weight excluding hydrogens is 475 g/mol. The molecule has 0 bridgehead atoms. The van der Waals surface area contributed by atoms with Crippen LogP contribution in [-0.2, 0) is 9.53 Å². The number of anilines is 2. The summed E-state index contributed by atoms with van der Waals surface area (Å²) in [5.74, 6) is -1.95. The van der Waals surface area contributed by atoms with Gasteiger partial charge >= 0.3 is 5.97 Å². The van der Waals surface area contributed by atoms with Crippen LogP contribution in [0.25, 0.3) is 0 Å². The number of para-hydroxylation sites is 1. The Morgan fingerprint density at radius 1 is 1.00 bits per heavy atom. The molecule has 0 unspecified atom stereocenters. The first kappa shape index (κ1) is 23.6. The van der Waals surface area contributed by atoms with Crippen molar-refractivity contribution in [2.75, 3.05) is 17.2 Å². The Labute approximate surface area is 196 Å². The summed E-state index contributed by atoms with van der Waals surface area (Å²) in [6, 6.07) is 12.4. The van der Waals surface area contributed by atoms with Crippen LogP contribution in [0.5, 0.6) is 0 Å². The fraction of sp³-hybridized carbons (Fsp3) is 0.0476. The van der Waals surface area contributed by atoms with E-state index in [2.05, 4.69) is 15.6 Å². The number of ether oxygens (including phenoxy) is 1. The van der Waals surface area contributed by atoms with E-state index < -0.39 is 29.3 Å². The molecule has 0 atom stereocenters. The van der Waals surface area contributed by atoms with Crippen LogP contribution in [0.1, 0.15) is 20.7 Å². The van der Waals surface area contributed by atoms with E-state index in [0.29, 0.717) is 5.02 Å². The topological polar surface area (TPSA) is 141 Å². The van der Waals surface area contributed by atoms with Crippen molar-refractivity contribution in [3.63, 3.8) is 0 Å². The third kappa shape index (κ3) is 6.25. The van der Waals surface area contributed by atoms with Gasteiger partial charge in [0.15, 0.2) is 6.61 Å². The number of amides is 2. The van der Waals surface area contributed by atoms with Crippen molar-refractivity contribution < 1.29 is 24.0 Å². The molecule has 168 valence electrons. The maximum absolute atomic E-state index is 12.6. The molecule has 2 N–H and O–H groups in total. The minimum absolute atomic E-state index is 0.0127. The van der Waals surface area contributed by atoms with Gasteiger partial charge in [0, 0.05) is 18.3 Å². The summed E-state index contributed by atoms with van der Waals surface area (Å²) in [5.41, 5.74) is -0.212. The van der Waals surface area contributed by atoms with Gasteiger partial charge in [-0.25, -0.2) is 9.78 Å². The largest absolute Gasteiger partial charge is 0.452 e. The number of nitro groups is 1. The Kier molecular flexibility index (Phi) is 7.54. The molecule has 0 radical (unpaired) electrons. The van der Waals surface area contributed by atoms with Crippen molar-refractivity contribution >= 4 is 58.2 Å². The predicted octanol–water partition coefficient (Wildman–Crippen LogP) is 4.34. The highest BCUT2D eigenvalue weighted by Gasteiger charge is 2.19. The number of nitrogens with one attached hydrogen (secondary N) is 2. The van der Waals surface area contributed by atoms with Crippen molar-refractivity contribution in [2.45, 2.75) is 0 Å². The van der Waals surface area contributed by atoms with Gasteiger partial charge in [-0.05, 0) is 30.3 Å². The van der Waals surface area contributed by atoms with Crippen LogP contribution >= 0.6 is 23.2 Å². The van der Waals surface area contributed by atoms with Crippen LogP contribution in [0.4, 0.5) is 17.2 Å². The van der Waals surface area contributed by atoms with E-state index in [-0.39, 0.29) is 33.3 Å². The lowest BCUT2D eigenvalue weighted by Gasteiger charge is -2.11. The second-order valence-corrected chi connectivity index (χ2v) is 7.25. The number of hydrogen-bond acceptors (Lipinski definition) is 7. The average molecular weight is 489 g/mol. The number of halogens is 2. The van der Waals surface area contributed by atoms with Crippen LogP contribution in [0.2, 0.25) is 10.0 Å². The normalized spacial score (nSPS) is 10.2. The average Bonchev–Trinajstić information content (AvgIpc) is 2.79. The van der Waals surface area contributed by atoms with Crippen LogP contribution in [-0.4, -0.2) is 34.3 Å². The van der Waals surface area contributed by atoms with Gasteiger partial charge in [0.25, 0.3) is 17.5 Å². The van der Waals surface area contributed by atoms with Gasteiger partial charge in [0.2, 0.25) is 0 Å². The smallest absolute Gasteiger partial charge is 0.340 e. The summed E-state index contributed by atoms with van der Waals surface area (Å²) in [6.07, 6.45) is 1.35. The molecule has 10 nitrogen and oxygen atoms in total. The molecule has 3 aromatic rings. The minimum Gasteiger partial charge on any atom is -0.452 e. The molecular formula is C21H14Cl2N4O6. The fourth-order valence-electron chi connectivity index (χ4n) is 2.60. The van der Waals surface area contributed by atoms with Crippen molar-refractivity contribution in [1.82, 2.24) is 4.98 Å². The lowest BCUT2D eigenvalue weighted by molar-refractivity contribution is -0.384. The van der Waals surface area contributed by atoms with E-state index in [1.54, 1.807) is 12.1 Å². The molecule has 0 saturated carbocycles. The van der Waals surface area contributed by atoms with Crippen molar-refractivity contribution in [3.05, 3.63) is 92.1 Å². The number of rotatable bonds is 7. The highest BCUT2D eigenvalue weighted by molar-refractivity contribution is 6.34. The summed E-state index contributed by atoms with van der Waals surface area (Å²) < 4.78 is 5.02. The van der Waals surface area contributed by atoms with Gasteiger partial charge in [-0.15, -0.1) is 0 Å². The van der Waals surface area contributed by atoms with Gasteiger partial charge in [-0.2, -0.15) is 0 Å². The third-order valence-corrected chi connectivity index (χ3v) is 4.67. The number of nitrogens with zero attached hydrogens (tertiary/aromatic N) is 2. The number of esters is 1. The Morgan fingerprint density at radius 3 is 2.42 bits per heavy atom. The molecule has 3 rings (SSSR count). The van der Waals surface area contributed by atoms with E-state index >= 15 is 0 Å². The molecule has 0 aliphatic carbocycles. The van der Waals surface area contributed by atoms with Gasteiger partial charge in [0.05, 0.1) is 31.8 Å². The van der Waals surface area contributed by atoms with Crippen LogP contribution in [0, 0.1) is 10.1 Å². The first-order valence-corrected chi connectivity index (χ1v) is 9.93. The van der Waals surface area contributed by atoms with Crippen LogP contribution in [0.3, 0.4) is 0 Å². The van der Waals surface area contributed by atoms with Gasteiger partial charge in [-0.1, -0.05) is 35.3 Å². The van der Waals surface area contributed by atoms with E-state index in [1.807, 2.05) is 0 Å². The highest BCUT2D eigenvalue weighted by Crippen LogP contribution is 2.24. The molecule has 2 amide bonds. The Hall–Kier alpha value is -4.02. The molecule has 12 heteroatoms. The van der Waals surface area contributed by atoms with Gasteiger partial charge in [-0.3, -0.25) is 19.7 Å². The van der Waals surface area contributed by atoms with Crippen LogP contribution < -0.4 is 10.6 Å². The number of carbonyl (C=O) groups is 3. The maximum Gasteiger partial charge on any atom is 0.340 e. The first-order chi connectivity index (χ1) is 15.7. The second-order valence-electron chi connectivity index (χ2n) is 6.41. The van der Waals surface area contributed by atoms with Crippen molar-refractivity contribution in [1.29, 1.82) is 0 Å². The lowest BCUT2D eigenvalue weighted by Crippen LogP contribution is -2.22. The fourth-order valence-corrected chi connectivity index (χ4v) is 2.97. The number of carbonyl (C=O) groups excluding carboxylic acids is 3. The molecule has 33 heavy (non-hydrogen) atoms.